The third kappa shape index (κ3) is 5.41. The molecule has 0 aliphatic carbocycles. The molecule has 0 aliphatic rings. The normalized spacial score (nSPS) is 10.5. The third-order valence-corrected chi connectivity index (χ3v) is 5.49. The lowest BCUT2D eigenvalue weighted by molar-refractivity contribution is -0.136. The zero-order valence-electron chi connectivity index (χ0n) is 13.1. The van der Waals surface area contributed by atoms with Gasteiger partial charge >= 0.3 is 5.97 Å². The average Bonchev–Trinajstić information content (AvgIpc) is 2.84. The molecule has 2 N–H and O–H groups in total. The number of amides is 1. The number of anilines is 1. The fourth-order valence-electron chi connectivity index (χ4n) is 1.97. The Morgan fingerprint density at radius 1 is 1.26 bits per heavy atom. The number of hydrogen-bond donors (Lipinski definition) is 2. The van der Waals surface area contributed by atoms with Gasteiger partial charge in [-0.1, -0.05) is 12.1 Å². The molecule has 6 heteroatoms. The van der Waals surface area contributed by atoms with Crippen molar-refractivity contribution in [2.24, 2.45) is 0 Å². The van der Waals surface area contributed by atoms with Crippen molar-refractivity contribution >= 4 is 40.7 Å². The van der Waals surface area contributed by atoms with Gasteiger partial charge in [0.2, 0.25) is 0 Å². The molecular formula is C17H19NO3S2. The maximum absolute atomic E-state index is 12.3. The number of benzene rings is 1. The van der Waals surface area contributed by atoms with E-state index >= 15 is 0 Å². The smallest absolute Gasteiger partial charge is 0.304 e. The van der Waals surface area contributed by atoms with Crippen molar-refractivity contribution in [1.29, 1.82) is 0 Å². The Hall–Kier alpha value is -1.79. The van der Waals surface area contributed by atoms with E-state index in [-0.39, 0.29) is 12.3 Å². The van der Waals surface area contributed by atoms with Gasteiger partial charge in [0.1, 0.15) is 0 Å². The summed E-state index contributed by atoms with van der Waals surface area (Å²) in [5.74, 6) is 0.440. The fraction of sp³-hybridized carbons (Fsp3) is 0.294. The van der Waals surface area contributed by atoms with Gasteiger partial charge in [-0.15, -0.1) is 11.3 Å². The molecule has 2 aromatic rings. The van der Waals surface area contributed by atoms with Gasteiger partial charge in [-0.25, -0.2) is 0 Å². The minimum Gasteiger partial charge on any atom is -0.481 e. The summed E-state index contributed by atoms with van der Waals surface area (Å²) in [6.45, 7) is 4.00. The van der Waals surface area contributed by atoms with Gasteiger partial charge in [0.05, 0.1) is 11.3 Å². The van der Waals surface area contributed by atoms with Gasteiger partial charge in [-0.05, 0) is 43.2 Å². The number of carboxylic acids is 1. The van der Waals surface area contributed by atoms with Crippen molar-refractivity contribution in [3.63, 3.8) is 0 Å². The lowest BCUT2D eigenvalue weighted by atomic mass is 10.2. The number of rotatable bonds is 7. The predicted octanol–water partition coefficient (Wildman–Crippen LogP) is 4.33. The summed E-state index contributed by atoms with van der Waals surface area (Å²) in [4.78, 5) is 24.6. The minimum atomic E-state index is -0.778. The molecule has 4 nitrogen and oxygen atoms in total. The Balaban J connectivity index is 1.94. The first-order valence-electron chi connectivity index (χ1n) is 7.22. The monoisotopic (exact) mass is 349 g/mol. The average molecular weight is 349 g/mol. The zero-order valence-corrected chi connectivity index (χ0v) is 14.7. The van der Waals surface area contributed by atoms with Crippen molar-refractivity contribution in [2.75, 3.05) is 11.1 Å². The van der Waals surface area contributed by atoms with Gasteiger partial charge in [0, 0.05) is 22.1 Å². The molecule has 1 heterocycles. The fourth-order valence-corrected chi connectivity index (χ4v) is 3.77. The highest BCUT2D eigenvalue weighted by molar-refractivity contribution is 7.98. The maximum atomic E-state index is 12.3. The van der Waals surface area contributed by atoms with E-state index in [0.717, 1.165) is 27.4 Å². The Bertz CT molecular complexity index is 690. The van der Waals surface area contributed by atoms with E-state index in [1.807, 2.05) is 44.2 Å². The number of hydrogen-bond acceptors (Lipinski definition) is 4. The summed E-state index contributed by atoms with van der Waals surface area (Å²) in [5, 5.41) is 11.5. The number of thioether (sulfide) groups is 1. The summed E-state index contributed by atoms with van der Waals surface area (Å²) in [6.07, 6.45) is 0.165. The van der Waals surface area contributed by atoms with Crippen LogP contribution in [0.5, 0.6) is 0 Å². The van der Waals surface area contributed by atoms with Crippen LogP contribution in [0.25, 0.3) is 0 Å². The molecule has 0 radical (unpaired) electrons. The molecule has 122 valence electrons. The topological polar surface area (TPSA) is 66.4 Å². The van der Waals surface area contributed by atoms with Crippen molar-refractivity contribution < 1.29 is 14.7 Å². The van der Waals surface area contributed by atoms with Crippen LogP contribution in [0.2, 0.25) is 0 Å². The van der Waals surface area contributed by atoms with Gasteiger partial charge in [-0.2, -0.15) is 11.8 Å². The quantitative estimate of drug-likeness (QED) is 0.730. The van der Waals surface area contributed by atoms with Crippen LogP contribution in [0.4, 0.5) is 5.69 Å². The molecule has 23 heavy (non-hydrogen) atoms. The molecular weight excluding hydrogens is 330 g/mol. The molecule has 0 aliphatic heterocycles. The van der Waals surface area contributed by atoms with E-state index in [0.29, 0.717) is 10.6 Å². The lowest BCUT2D eigenvalue weighted by Gasteiger charge is -2.06. The van der Waals surface area contributed by atoms with E-state index in [1.165, 1.54) is 11.3 Å². The molecule has 0 spiro atoms. The van der Waals surface area contributed by atoms with Crippen molar-refractivity contribution in [2.45, 2.75) is 26.0 Å². The van der Waals surface area contributed by atoms with Crippen molar-refractivity contribution in [1.82, 2.24) is 0 Å². The van der Waals surface area contributed by atoms with Crippen molar-refractivity contribution in [3.8, 4) is 0 Å². The second kappa shape index (κ2) is 8.17. The van der Waals surface area contributed by atoms with Crippen LogP contribution in [0, 0.1) is 13.8 Å². The summed E-state index contributed by atoms with van der Waals surface area (Å²) in [7, 11) is 0. The molecule has 2 rings (SSSR count). The largest absolute Gasteiger partial charge is 0.481 e. The summed E-state index contributed by atoms with van der Waals surface area (Å²) < 4.78 is 0. The van der Waals surface area contributed by atoms with Gasteiger partial charge in [0.15, 0.2) is 0 Å². The molecule has 0 atom stereocenters. The molecule has 1 aromatic carbocycles. The number of carbonyl (C=O) groups is 2. The number of carboxylic acid groups (broad SMARTS) is 1. The van der Waals surface area contributed by atoms with Crippen molar-refractivity contribution in [3.05, 3.63) is 51.2 Å². The van der Waals surface area contributed by atoms with Gasteiger partial charge in [-0.3, -0.25) is 9.59 Å². The second-order valence-corrected chi connectivity index (χ2v) is 7.56. The van der Waals surface area contributed by atoms with Crippen LogP contribution in [0.3, 0.4) is 0 Å². The van der Waals surface area contributed by atoms with Crippen LogP contribution in [-0.2, 0) is 10.5 Å². The van der Waals surface area contributed by atoms with E-state index < -0.39 is 5.97 Å². The number of carbonyl (C=O) groups excluding carboxylic acids is 1. The number of aliphatic carboxylic acids is 1. The molecule has 0 bridgehead atoms. The number of aryl methyl sites for hydroxylation is 2. The molecule has 0 fully saturated rings. The molecule has 0 saturated carbocycles. The highest BCUT2D eigenvalue weighted by Gasteiger charge is 2.11. The van der Waals surface area contributed by atoms with Crippen LogP contribution in [0.1, 0.15) is 32.1 Å². The minimum absolute atomic E-state index is 0.0955. The van der Waals surface area contributed by atoms with E-state index in [4.69, 9.17) is 5.11 Å². The first-order chi connectivity index (χ1) is 11.0. The van der Waals surface area contributed by atoms with Crippen LogP contribution in [-0.4, -0.2) is 22.7 Å². The predicted molar refractivity (Wildman–Crippen MR) is 96.6 cm³/mol. The van der Waals surface area contributed by atoms with E-state index in [2.05, 4.69) is 5.32 Å². The Morgan fingerprint density at radius 3 is 2.70 bits per heavy atom. The zero-order chi connectivity index (χ0) is 16.8. The summed E-state index contributed by atoms with van der Waals surface area (Å²) >= 11 is 3.07. The number of thiophene rings is 1. The number of nitrogens with one attached hydrogen (secondary N) is 1. The first-order valence-corrected chi connectivity index (χ1v) is 9.19. The Kier molecular flexibility index (Phi) is 6.24. The first kappa shape index (κ1) is 17.6. The molecule has 0 saturated heterocycles. The van der Waals surface area contributed by atoms with Crippen LogP contribution >= 0.6 is 23.1 Å². The van der Waals surface area contributed by atoms with Gasteiger partial charge in [0.25, 0.3) is 5.91 Å². The van der Waals surface area contributed by atoms with E-state index in [1.54, 1.807) is 11.8 Å². The Labute approximate surface area is 143 Å². The summed E-state index contributed by atoms with van der Waals surface area (Å²) in [6, 6.07) is 9.56. The van der Waals surface area contributed by atoms with Gasteiger partial charge < -0.3 is 10.4 Å². The highest BCUT2D eigenvalue weighted by Crippen LogP contribution is 2.22. The molecule has 0 unspecified atom stereocenters. The SMILES string of the molecule is Cc1cc(C(=O)Nc2cccc(CSCCC(=O)O)c2)sc1C. The molecule has 1 aromatic heterocycles. The molecule has 1 amide bonds. The van der Waals surface area contributed by atoms with E-state index in [9.17, 15) is 9.59 Å². The highest BCUT2D eigenvalue weighted by atomic mass is 32.2. The maximum Gasteiger partial charge on any atom is 0.304 e. The Morgan fingerprint density at radius 2 is 2.04 bits per heavy atom. The third-order valence-electron chi connectivity index (χ3n) is 3.30. The lowest BCUT2D eigenvalue weighted by Crippen LogP contribution is -2.10. The standard InChI is InChI=1S/C17H19NO3S2/c1-11-8-15(23-12(11)2)17(21)18-14-5-3-4-13(9-14)10-22-7-6-16(19)20/h3-5,8-9H,6-7,10H2,1-2H3,(H,18,21)(H,19,20). The van der Waals surface area contributed by atoms with Crippen LogP contribution in [0.15, 0.2) is 30.3 Å². The van der Waals surface area contributed by atoms with Crippen LogP contribution < -0.4 is 5.32 Å². The summed E-state index contributed by atoms with van der Waals surface area (Å²) in [5.41, 5.74) is 2.95. The second-order valence-electron chi connectivity index (χ2n) is 5.20.